The maximum absolute atomic E-state index is 15.1. The molecule has 6 rings (SSSR count). The van der Waals surface area contributed by atoms with E-state index < -0.39 is 33.0 Å². The standard InChI is InChI=1S/C33H31ClN2O4S/c1-22-10-14-24(15-11-22)30-21-33(32(3,35(4)40-30)25-8-6-5-7-9-25)28-20-26(34)16-19-29(28)36(31(33)37)41(38,39)27-17-12-23(2)13-18-27/h5-20,30H,21H2,1-4H3/t30-,32+,33-/m0/s1. The van der Waals surface area contributed by atoms with Crippen LogP contribution in [0.15, 0.2) is 102 Å². The lowest BCUT2D eigenvalue weighted by Crippen LogP contribution is -2.65. The highest BCUT2D eigenvalue weighted by Crippen LogP contribution is 2.62. The molecule has 0 saturated carbocycles. The van der Waals surface area contributed by atoms with Gasteiger partial charge in [-0.2, -0.15) is 5.06 Å². The maximum Gasteiger partial charge on any atom is 0.270 e. The fourth-order valence-electron chi connectivity index (χ4n) is 6.38. The van der Waals surface area contributed by atoms with Gasteiger partial charge in [0.1, 0.15) is 11.5 Å². The molecule has 41 heavy (non-hydrogen) atoms. The molecule has 0 aromatic heterocycles. The summed E-state index contributed by atoms with van der Waals surface area (Å²) in [6, 6.07) is 29.2. The number of amides is 1. The van der Waals surface area contributed by atoms with Crippen molar-refractivity contribution in [2.45, 2.75) is 49.1 Å². The predicted molar refractivity (Wildman–Crippen MR) is 160 cm³/mol. The Morgan fingerprint density at radius 2 is 1.49 bits per heavy atom. The highest BCUT2D eigenvalue weighted by Gasteiger charge is 2.68. The number of hydroxylamine groups is 2. The Bertz CT molecular complexity index is 1740. The second-order valence-corrected chi connectivity index (χ2v) is 13.3. The molecule has 4 aromatic carbocycles. The molecule has 3 atom stereocenters. The smallest absolute Gasteiger partial charge is 0.270 e. The number of carbonyl (C=O) groups is 1. The number of carbonyl (C=O) groups excluding carboxylic acids is 1. The lowest BCUT2D eigenvalue weighted by atomic mass is 9.59. The van der Waals surface area contributed by atoms with Crippen LogP contribution in [0.25, 0.3) is 0 Å². The number of fused-ring (bicyclic) bond motifs is 2. The number of likely N-dealkylation sites (N-methyl/N-ethyl adjacent to an activating group) is 1. The number of rotatable bonds is 4. The van der Waals surface area contributed by atoms with Crippen molar-refractivity contribution < 1.29 is 18.0 Å². The van der Waals surface area contributed by atoms with Gasteiger partial charge in [-0.25, -0.2) is 12.7 Å². The van der Waals surface area contributed by atoms with E-state index in [2.05, 4.69) is 0 Å². The molecule has 1 amide bonds. The van der Waals surface area contributed by atoms with E-state index in [0.717, 1.165) is 26.6 Å². The molecule has 0 aliphatic carbocycles. The van der Waals surface area contributed by atoms with Crippen LogP contribution < -0.4 is 4.31 Å². The molecule has 0 unspecified atom stereocenters. The molecule has 0 bridgehead atoms. The SMILES string of the molecule is Cc1ccc([C@@H]2C[C@]3(C(=O)N(S(=O)(=O)c4ccc(C)cc4)c4ccc(Cl)cc43)[C@@](C)(c3ccccc3)N(C)O2)cc1. The van der Waals surface area contributed by atoms with E-state index in [9.17, 15) is 8.42 Å². The number of aryl methyl sites for hydroxylation is 2. The zero-order chi connectivity index (χ0) is 29.2. The van der Waals surface area contributed by atoms with Crippen LogP contribution in [0.1, 0.15) is 47.3 Å². The quantitative estimate of drug-likeness (QED) is 0.261. The minimum Gasteiger partial charge on any atom is -0.290 e. The van der Waals surface area contributed by atoms with Crippen LogP contribution in [0.5, 0.6) is 0 Å². The third-order valence-corrected chi connectivity index (χ3v) is 10.7. The van der Waals surface area contributed by atoms with Gasteiger partial charge in [-0.15, -0.1) is 0 Å². The molecule has 8 heteroatoms. The third-order valence-electron chi connectivity index (χ3n) is 8.77. The molecule has 1 spiro atoms. The fourth-order valence-corrected chi connectivity index (χ4v) is 8.03. The summed E-state index contributed by atoms with van der Waals surface area (Å²) >= 11 is 6.59. The largest absolute Gasteiger partial charge is 0.290 e. The van der Waals surface area contributed by atoms with Gasteiger partial charge >= 0.3 is 0 Å². The Morgan fingerprint density at radius 1 is 0.878 bits per heavy atom. The molecule has 6 nitrogen and oxygen atoms in total. The van der Waals surface area contributed by atoms with E-state index in [1.807, 2.05) is 82.4 Å². The van der Waals surface area contributed by atoms with Gasteiger partial charge in [0.2, 0.25) is 0 Å². The van der Waals surface area contributed by atoms with Crippen molar-refractivity contribution in [1.82, 2.24) is 5.06 Å². The number of hydrogen-bond donors (Lipinski definition) is 0. The molecule has 1 saturated heterocycles. The Morgan fingerprint density at radius 3 is 2.12 bits per heavy atom. The van der Waals surface area contributed by atoms with Gasteiger partial charge in [0.25, 0.3) is 15.9 Å². The monoisotopic (exact) mass is 586 g/mol. The molecule has 210 valence electrons. The highest BCUT2D eigenvalue weighted by molar-refractivity contribution is 7.93. The van der Waals surface area contributed by atoms with Crippen LogP contribution in [0.3, 0.4) is 0 Å². The second kappa shape index (κ2) is 9.81. The highest BCUT2D eigenvalue weighted by atomic mass is 35.5. The van der Waals surface area contributed by atoms with Crippen LogP contribution in [-0.2, 0) is 30.6 Å². The second-order valence-electron chi connectivity index (χ2n) is 11.1. The first-order valence-corrected chi connectivity index (χ1v) is 15.3. The first-order chi connectivity index (χ1) is 19.5. The van der Waals surface area contributed by atoms with E-state index >= 15 is 4.79 Å². The Balaban J connectivity index is 1.64. The summed E-state index contributed by atoms with van der Waals surface area (Å²) in [7, 11) is -2.45. The maximum atomic E-state index is 15.1. The van der Waals surface area contributed by atoms with Gasteiger partial charge in [0.05, 0.1) is 16.1 Å². The van der Waals surface area contributed by atoms with Gasteiger partial charge in [0, 0.05) is 18.5 Å². The molecule has 2 heterocycles. The summed E-state index contributed by atoms with van der Waals surface area (Å²) in [6.45, 7) is 5.84. The number of nitrogens with zero attached hydrogens (tertiary/aromatic N) is 2. The first kappa shape index (κ1) is 27.7. The van der Waals surface area contributed by atoms with Crippen molar-refractivity contribution in [3.8, 4) is 0 Å². The van der Waals surface area contributed by atoms with Gasteiger partial charge in [-0.05, 0) is 67.8 Å². The summed E-state index contributed by atoms with van der Waals surface area (Å²) in [5.41, 5.74) is 2.14. The summed E-state index contributed by atoms with van der Waals surface area (Å²) in [5, 5.41) is 2.14. The minimum absolute atomic E-state index is 0.0475. The minimum atomic E-state index is -4.26. The zero-order valence-corrected chi connectivity index (χ0v) is 24.9. The van der Waals surface area contributed by atoms with Gasteiger partial charge < -0.3 is 0 Å². The van der Waals surface area contributed by atoms with E-state index in [1.54, 1.807) is 47.5 Å². The van der Waals surface area contributed by atoms with E-state index in [1.165, 1.54) is 0 Å². The van der Waals surface area contributed by atoms with Crippen molar-refractivity contribution in [3.05, 3.63) is 130 Å². The molecule has 4 aromatic rings. The average Bonchev–Trinajstić information content (AvgIpc) is 3.20. The molecule has 2 aliphatic rings. The summed E-state index contributed by atoms with van der Waals surface area (Å²) in [5.74, 6) is -0.533. The summed E-state index contributed by atoms with van der Waals surface area (Å²) in [6.07, 6.45) is -0.312. The summed E-state index contributed by atoms with van der Waals surface area (Å²) < 4.78 is 29.5. The third kappa shape index (κ3) is 4.06. The van der Waals surface area contributed by atoms with Gasteiger partial charge in [-0.3, -0.25) is 9.63 Å². The average molecular weight is 587 g/mol. The molecule has 0 radical (unpaired) electrons. The molecule has 1 fully saturated rings. The number of anilines is 1. The number of hydrogen-bond acceptors (Lipinski definition) is 5. The Kier molecular flexibility index (Phi) is 6.62. The van der Waals surface area contributed by atoms with E-state index in [0.29, 0.717) is 16.3 Å². The van der Waals surface area contributed by atoms with Crippen LogP contribution >= 0.6 is 11.6 Å². The fraction of sp³-hybridized carbons (Fsp3) is 0.242. The van der Waals surface area contributed by atoms with Crippen molar-refractivity contribution in [3.63, 3.8) is 0 Å². The topological polar surface area (TPSA) is 66.9 Å². The molecule has 0 N–H and O–H groups in total. The lowest BCUT2D eigenvalue weighted by molar-refractivity contribution is -0.293. The Labute approximate surface area is 246 Å². The van der Waals surface area contributed by atoms with Gasteiger partial charge in [0.15, 0.2) is 0 Å². The molecular formula is C33H31ClN2O4S. The predicted octanol–water partition coefficient (Wildman–Crippen LogP) is 6.85. The summed E-state index contributed by atoms with van der Waals surface area (Å²) in [4.78, 5) is 21.7. The normalized spacial score (nSPS) is 24.6. The van der Waals surface area contributed by atoms with Crippen LogP contribution in [0.4, 0.5) is 5.69 Å². The Hall–Kier alpha value is -3.49. The van der Waals surface area contributed by atoms with E-state index in [-0.39, 0.29) is 11.3 Å². The van der Waals surface area contributed by atoms with Crippen LogP contribution in [0, 0.1) is 13.8 Å². The lowest BCUT2D eigenvalue weighted by Gasteiger charge is -2.55. The number of sulfonamides is 1. The number of halogens is 1. The van der Waals surface area contributed by atoms with Crippen molar-refractivity contribution >= 4 is 33.2 Å². The van der Waals surface area contributed by atoms with E-state index in [4.69, 9.17) is 16.4 Å². The van der Waals surface area contributed by atoms with Crippen LogP contribution in [-0.4, -0.2) is 26.4 Å². The van der Waals surface area contributed by atoms with Crippen molar-refractivity contribution in [2.24, 2.45) is 0 Å². The van der Waals surface area contributed by atoms with Crippen LogP contribution in [0.2, 0.25) is 5.02 Å². The molecular weight excluding hydrogens is 556 g/mol. The zero-order valence-electron chi connectivity index (χ0n) is 23.3. The van der Waals surface area contributed by atoms with Crippen molar-refractivity contribution in [2.75, 3.05) is 11.4 Å². The number of benzene rings is 4. The molecule has 2 aliphatic heterocycles. The first-order valence-electron chi connectivity index (χ1n) is 13.5. The van der Waals surface area contributed by atoms with Crippen molar-refractivity contribution in [1.29, 1.82) is 0 Å². The van der Waals surface area contributed by atoms with Gasteiger partial charge in [-0.1, -0.05) is 89.5 Å².